The van der Waals surface area contributed by atoms with Gasteiger partial charge in [0.2, 0.25) is 0 Å². The minimum Gasteiger partial charge on any atom is -0.493 e. The van der Waals surface area contributed by atoms with E-state index in [2.05, 4.69) is 0 Å². The van der Waals surface area contributed by atoms with E-state index in [1.54, 1.807) is 18.3 Å². The van der Waals surface area contributed by atoms with Crippen molar-refractivity contribution < 1.29 is 23.4 Å². The molecule has 122 valence electrons. The maximum absolute atomic E-state index is 12.0. The fraction of sp³-hybridized carbons (Fsp3) is 0.471. The molecule has 23 heavy (non-hydrogen) atoms. The first-order valence-corrected chi connectivity index (χ1v) is 7.85. The van der Waals surface area contributed by atoms with Gasteiger partial charge in [-0.2, -0.15) is 0 Å². The second-order valence-electron chi connectivity index (χ2n) is 6.11. The maximum atomic E-state index is 12.0. The van der Waals surface area contributed by atoms with Crippen LogP contribution in [-0.4, -0.2) is 39.1 Å². The summed E-state index contributed by atoms with van der Waals surface area (Å²) in [6, 6.07) is 5.71. The van der Waals surface area contributed by atoms with E-state index >= 15 is 0 Å². The molecule has 0 radical (unpaired) electrons. The van der Waals surface area contributed by atoms with E-state index in [-0.39, 0.29) is 12.2 Å². The molecule has 4 rings (SSSR count). The van der Waals surface area contributed by atoms with Gasteiger partial charge in [-0.25, -0.2) is 4.79 Å². The van der Waals surface area contributed by atoms with Crippen LogP contribution in [0.5, 0.6) is 5.75 Å². The van der Waals surface area contributed by atoms with Crippen molar-refractivity contribution in [3.05, 3.63) is 24.5 Å². The third kappa shape index (κ3) is 2.86. The number of fused-ring (bicyclic) bond motifs is 1. The van der Waals surface area contributed by atoms with Gasteiger partial charge in [0.05, 0.1) is 25.4 Å². The monoisotopic (exact) mass is 317 g/mol. The van der Waals surface area contributed by atoms with Crippen LogP contribution in [0.15, 0.2) is 28.9 Å². The SMILES string of the molecule is COCC1CN(c2coc3cc(OCC4CC4)ccc23)C(=O)O1. The number of carbonyl (C=O) groups is 1. The Balaban J connectivity index is 1.54. The van der Waals surface area contributed by atoms with Crippen molar-refractivity contribution in [2.24, 2.45) is 5.92 Å². The molecule has 1 atom stereocenters. The average molecular weight is 317 g/mol. The minimum atomic E-state index is -0.371. The maximum Gasteiger partial charge on any atom is 0.414 e. The Morgan fingerprint density at radius 2 is 2.17 bits per heavy atom. The molecule has 0 N–H and O–H groups in total. The van der Waals surface area contributed by atoms with Crippen LogP contribution in [0.25, 0.3) is 11.0 Å². The van der Waals surface area contributed by atoms with E-state index in [0.29, 0.717) is 24.7 Å². The molecule has 2 aliphatic rings. The summed E-state index contributed by atoms with van der Waals surface area (Å²) in [6.07, 6.45) is 3.48. The van der Waals surface area contributed by atoms with E-state index in [4.69, 9.17) is 18.6 Å². The summed E-state index contributed by atoms with van der Waals surface area (Å²) in [5.41, 5.74) is 1.42. The standard InChI is InChI=1S/C17H19NO5/c1-20-9-13-7-18(17(19)23-13)15-10-22-16-6-12(4-5-14(15)16)21-8-11-2-3-11/h4-6,10-11,13H,2-3,7-9H2,1H3. The summed E-state index contributed by atoms with van der Waals surface area (Å²) in [5.74, 6) is 1.50. The van der Waals surface area contributed by atoms with E-state index in [0.717, 1.165) is 23.4 Å². The van der Waals surface area contributed by atoms with Gasteiger partial charge in [0.1, 0.15) is 23.7 Å². The molecular formula is C17H19NO5. The fourth-order valence-corrected chi connectivity index (χ4v) is 2.78. The molecule has 1 aromatic heterocycles. The summed E-state index contributed by atoms with van der Waals surface area (Å²) in [7, 11) is 1.59. The number of hydrogen-bond donors (Lipinski definition) is 0. The van der Waals surface area contributed by atoms with Crippen molar-refractivity contribution in [1.82, 2.24) is 0 Å². The summed E-state index contributed by atoms with van der Waals surface area (Å²) < 4.78 is 21.7. The first-order valence-electron chi connectivity index (χ1n) is 7.85. The van der Waals surface area contributed by atoms with Crippen molar-refractivity contribution in [1.29, 1.82) is 0 Å². The van der Waals surface area contributed by atoms with Crippen LogP contribution in [0.3, 0.4) is 0 Å². The lowest BCUT2D eigenvalue weighted by Gasteiger charge is -2.10. The van der Waals surface area contributed by atoms with Crippen LogP contribution in [-0.2, 0) is 9.47 Å². The molecule has 1 unspecified atom stereocenters. The lowest BCUT2D eigenvalue weighted by molar-refractivity contribution is 0.0718. The van der Waals surface area contributed by atoms with Gasteiger partial charge in [-0.15, -0.1) is 0 Å². The normalized spacial score (nSPS) is 21.0. The molecule has 1 aliphatic carbocycles. The van der Waals surface area contributed by atoms with E-state index in [1.807, 2.05) is 18.2 Å². The van der Waals surface area contributed by atoms with Gasteiger partial charge in [-0.1, -0.05) is 0 Å². The van der Waals surface area contributed by atoms with Crippen LogP contribution in [0.4, 0.5) is 10.5 Å². The molecule has 2 fully saturated rings. The Morgan fingerprint density at radius 1 is 1.30 bits per heavy atom. The third-order valence-corrected chi connectivity index (χ3v) is 4.23. The van der Waals surface area contributed by atoms with Crippen LogP contribution in [0.2, 0.25) is 0 Å². The van der Waals surface area contributed by atoms with E-state index in [1.165, 1.54) is 12.8 Å². The number of cyclic esters (lactones) is 1. The number of rotatable bonds is 6. The summed E-state index contributed by atoms with van der Waals surface area (Å²) in [5, 5.41) is 0.874. The highest BCUT2D eigenvalue weighted by atomic mass is 16.6. The predicted octanol–water partition coefficient (Wildman–Crippen LogP) is 3.19. The zero-order chi connectivity index (χ0) is 15.8. The number of methoxy groups -OCH3 is 1. The first-order chi connectivity index (χ1) is 11.2. The molecule has 0 spiro atoms. The molecule has 1 saturated heterocycles. The molecule has 2 heterocycles. The van der Waals surface area contributed by atoms with Crippen LogP contribution >= 0.6 is 0 Å². The zero-order valence-corrected chi connectivity index (χ0v) is 13.0. The Bertz CT molecular complexity index is 721. The van der Waals surface area contributed by atoms with Gasteiger partial charge in [0, 0.05) is 18.6 Å². The van der Waals surface area contributed by atoms with Crippen molar-refractivity contribution in [2.45, 2.75) is 18.9 Å². The number of furan rings is 1. The average Bonchev–Trinajstić information content (AvgIpc) is 3.18. The van der Waals surface area contributed by atoms with Crippen molar-refractivity contribution in [3.8, 4) is 5.75 Å². The van der Waals surface area contributed by atoms with Crippen molar-refractivity contribution in [2.75, 3.05) is 31.8 Å². The van der Waals surface area contributed by atoms with Crippen molar-refractivity contribution >= 4 is 22.7 Å². The van der Waals surface area contributed by atoms with E-state index < -0.39 is 0 Å². The Labute approximate surface area is 133 Å². The fourth-order valence-electron chi connectivity index (χ4n) is 2.78. The first kappa shape index (κ1) is 14.4. The quantitative estimate of drug-likeness (QED) is 0.819. The number of hydrogen-bond acceptors (Lipinski definition) is 5. The van der Waals surface area contributed by atoms with Gasteiger partial charge < -0.3 is 18.6 Å². The molecule has 6 heteroatoms. The van der Waals surface area contributed by atoms with Crippen LogP contribution < -0.4 is 9.64 Å². The molecule has 6 nitrogen and oxygen atoms in total. The highest BCUT2D eigenvalue weighted by Gasteiger charge is 2.34. The summed E-state index contributed by atoms with van der Waals surface area (Å²) >= 11 is 0. The van der Waals surface area contributed by atoms with Gasteiger partial charge in [0.15, 0.2) is 0 Å². The Morgan fingerprint density at radius 3 is 2.96 bits per heavy atom. The highest BCUT2D eigenvalue weighted by Crippen LogP contribution is 2.35. The van der Waals surface area contributed by atoms with Gasteiger partial charge in [0.25, 0.3) is 0 Å². The molecule has 2 aromatic rings. The van der Waals surface area contributed by atoms with Crippen molar-refractivity contribution in [3.63, 3.8) is 0 Å². The van der Waals surface area contributed by atoms with Crippen LogP contribution in [0, 0.1) is 5.92 Å². The Hall–Kier alpha value is -2.21. The number of anilines is 1. The zero-order valence-electron chi connectivity index (χ0n) is 13.0. The third-order valence-electron chi connectivity index (χ3n) is 4.23. The largest absolute Gasteiger partial charge is 0.493 e. The number of benzene rings is 1. The second kappa shape index (κ2) is 5.77. The highest BCUT2D eigenvalue weighted by molar-refractivity contribution is 6.01. The Kier molecular flexibility index (Phi) is 3.61. The predicted molar refractivity (Wildman–Crippen MR) is 83.9 cm³/mol. The number of nitrogens with zero attached hydrogens (tertiary/aromatic N) is 1. The lowest BCUT2D eigenvalue weighted by atomic mass is 10.2. The topological polar surface area (TPSA) is 61.1 Å². The molecule has 1 aliphatic heterocycles. The molecular weight excluding hydrogens is 298 g/mol. The number of amides is 1. The molecule has 1 amide bonds. The number of ether oxygens (including phenoxy) is 3. The molecule has 1 aromatic carbocycles. The number of carbonyl (C=O) groups excluding carboxylic acids is 1. The minimum absolute atomic E-state index is 0.251. The van der Waals surface area contributed by atoms with Gasteiger partial charge in [-0.3, -0.25) is 4.90 Å². The summed E-state index contributed by atoms with van der Waals surface area (Å²) in [4.78, 5) is 13.6. The van der Waals surface area contributed by atoms with E-state index in [9.17, 15) is 4.79 Å². The second-order valence-corrected chi connectivity index (χ2v) is 6.11. The molecule has 1 saturated carbocycles. The van der Waals surface area contributed by atoms with Gasteiger partial charge in [-0.05, 0) is 30.9 Å². The van der Waals surface area contributed by atoms with Gasteiger partial charge >= 0.3 is 6.09 Å². The lowest BCUT2D eigenvalue weighted by Crippen LogP contribution is -2.25. The van der Waals surface area contributed by atoms with Crippen LogP contribution in [0.1, 0.15) is 12.8 Å². The molecule has 0 bridgehead atoms. The smallest absolute Gasteiger partial charge is 0.414 e. The summed E-state index contributed by atoms with van der Waals surface area (Å²) in [6.45, 7) is 1.61.